The van der Waals surface area contributed by atoms with Crippen LogP contribution in [0.5, 0.6) is 0 Å². The second-order valence-electron chi connectivity index (χ2n) is 4.61. The second kappa shape index (κ2) is 5.13. The Labute approximate surface area is 121 Å². The minimum absolute atomic E-state index is 0.592. The normalized spacial score (nSPS) is 10.9. The fourth-order valence-electron chi connectivity index (χ4n) is 2.02. The molecule has 0 fully saturated rings. The number of fused-ring (bicyclic) bond motifs is 1. The van der Waals surface area contributed by atoms with Crippen LogP contribution in [-0.2, 0) is 0 Å². The molecule has 0 amide bonds. The molecule has 2 aromatic heterocycles. The maximum absolute atomic E-state index is 4.53. The first-order valence-electron chi connectivity index (χ1n) is 6.31. The van der Waals surface area contributed by atoms with Crippen molar-refractivity contribution in [3.05, 3.63) is 35.5 Å². The summed E-state index contributed by atoms with van der Waals surface area (Å²) in [6, 6.07) is 6.42. The monoisotopic (exact) mass is 285 g/mol. The summed E-state index contributed by atoms with van der Waals surface area (Å²) < 4.78 is 0. The molecule has 1 aromatic carbocycles. The molecule has 20 heavy (non-hydrogen) atoms. The van der Waals surface area contributed by atoms with Gasteiger partial charge in [0.1, 0.15) is 5.03 Å². The zero-order valence-electron chi connectivity index (χ0n) is 11.6. The number of benzene rings is 1. The predicted molar refractivity (Wildman–Crippen MR) is 81.3 cm³/mol. The van der Waals surface area contributed by atoms with E-state index in [1.54, 1.807) is 18.0 Å². The van der Waals surface area contributed by atoms with Gasteiger partial charge in [0.25, 0.3) is 0 Å². The average Bonchev–Trinajstić information content (AvgIpc) is 2.90. The van der Waals surface area contributed by atoms with E-state index in [1.807, 2.05) is 7.05 Å². The van der Waals surface area contributed by atoms with Gasteiger partial charge in [-0.1, -0.05) is 29.5 Å². The summed E-state index contributed by atoms with van der Waals surface area (Å²) in [6.45, 7) is 4.21. The summed E-state index contributed by atoms with van der Waals surface area (Å²) in [5.74, 6) is 0.592. The highest BCUT2D eigenvalue weighted by molar-refractivity contribution is 7.99. The smallest absolute Gasteiger partial charge is 0.225 e. The summed E-state index contributed by atoms with van der Waals surface area (Å²) in [4.78, 5) is 10.1. The van der Waals surface area contributed by atoms with Crippen LogP contribution in [0.2, 0.25) is 0 Å². The topological polar surface area (TPSA) is 66.5 Å². The van der Waals surface area contributed by atoms with E-state index in [2.05, 4.69) is 57.5 Å². The van der Waals surface area contributed by atoms with Crippen molar-refractivity contribution in [2.75, 3.05) is 12.4 Å². The molecule has 3 aromatic rings. The van der Waals surface area contributed by atoms with E-state index in [0.717, 1.165) is 16.1 Å². The quantitative estimate of drug-likeness (QED) is 0.724. The van der Waals surface area contributed by atoms with Crippen molar-refractivity contribution in [1.29, 1.82) is 0 Å². The fraction of sp³-hybridized carbons (Fsp3) is 0.214. The minimum atomic E-state index is 0.592. The molecule has 0 saturated heterocycles. The Kier molecular flexibility index (Phi) is 3.31. The van der Waals surface area contributed by atoms with Gasteiger partial charge < -0.3 is 5.32 Å². The number of hydrogen-bond donors (Lipinski definition) is 2. The third kappa shape index (κ3) is 2.34. The van der Waals surface area contributed by atoms with Gasteiger partial charge in [0, 0.05) is 11.9 Å². The largest absolute Gasteiger partial charge is 0.357 e. The van der Waals surface area contributed by atoms with Gasteiger partial charge in [-0.2, -0.15) is 10.1 Å². The second-order valence-corrected chi connectivity index (χ2v) is 5.64. The van der Waals surface area contributed by atoms with Crippen LogP contribution in [-0.4, -0.2) is 27.2 Å². The van der Waals surface area contributed by atoms with Crippen LogP contribution in [0.4, 0.5) is 5.95 Å². The molecule has 2 heterocycles. The van der Waals surface area contributed by atoms with Crippen molar-refractivity contribution in [2.24, 2.45) is 0 Å². The lowest BCUT2D eigenvalue weighted by atomic mass is 10.2. The molecular formula is C14H15N5S. The van der Waals surface area contributed by atoms with Crippen LogP contribution in [0.25, 0.3) is 11.0 Å². The Hall–Kier alpha value is -2.08. The van der Waals surface area contributed by atoms with Gasteiger partial charge in [-0.15, -0.1) is 0 Å². The highest BCUT2D eigenvalue weighted by Gasteiger charge is 2.11. The molecule has 0 aliphatic heterocycles. The summed E-state index contributed by atoms with van der Waals surface area (Å²) >= 11 is 1.64. The molecule has 0 radical (unpaired) electrons. The standard InChI is InChI=1S/C14H15N5S/c1-8-4-5-11(9(2)6-8)20-13-10-7-16-19-12(10)17-14(15-3)18-13/h4-7H,1-3H3,(H2,15,16,17,18,19). The number of hydrogen-bond acceptors (Lipinski definition) is 5. The van der Waals surface area contributed by atoms with Gasteiger partial charge in [0.05, 0.1) is 11.6 Å². The first-order chi connectivity index (χ1) is 9.67. The van der Waals surface area contributed by atoms with Gasteiger partial charge in [0.2, 0.25) is 5.95 Å². The number of aryl methyl sites for hydroxylation is 2. The van der Waals surface area contributed by atoms with E-state index in [0.29, 0.717) is 5.95 Å². The molecule has 0 bridgehead atoms. The van der Waals surface area contributed by atoms with E-state index < -0.39 is 0 Å². The maximum Gasteiger partial charge on any atom is 0.225 e. The molecule has 0 atom stereocenters. The lowest BCUT2D eigenvalue weighted by Gasteiger charge is -2.08. The van der Waals surface area contributed by atoms with Crippen LogP contribution in [0.3, 0.4) is 0 Å². The summed E-state index contributed by atoms with van der Waals surface area (Å²) in [5.41, 5.74) is 3.26. The molecule has 3 rings (SSSR count). The van der Waals surface area contributed by atoms with Crippen LogP contribution in [0.1, 0.15) is 11.1 Å². The molecule has 2 N–H and O–H groups in total. The van der Waals surface area contributed by atoms with Gasteiger partial charge in [0.15, 0.2) is 5.65 Å². The summed E-state index contributed by atoms with van der Waals surface area (Å²) in [6.07, 6.45) is 1.76. The maximum atomic E-state index is 4.53. The van der Waals surface area contributed by atoms with Crippen LogP contribution in [0, 0.1) is 13.8 Å². The minimum Gasteiger partial charge on any atom is -0.357 e. The van der Waals surface area contributed by atoms with E-state index in [-0.39, 0.29) is 0 Å². The summed E-state index contributed by atoms with van der Waals surface area (Å²) in [7, 11) is 1.81. The third-order valence-electron chi connectivity index (χ3n) is 3.04. The molecule has 0 spiro atoms. The Morgan fingerprint density at radius 2 is 2.05 bits per heavy atom. The van der Waals surface area contributed by atoms with Crippen LogP contribution >= 0.6 is 11.8 Å². The molecule has 5 nitrogen and oxygen atoms in total. The number of rotatable bonds is 3. The number of nitrogens with zero attached hydrogens (tertiary/aromatic N) is 3. The Morgan fingerprint density at radius 1 is 1.20 bits per heavy atom. The zero-order valence-corrected chi connectivity index (χ0v) is 12.4. The van der Waals surface area contributed by atoms with Gasteiger partial charge >= 0.3 is 0 Å². The number of aromatic amines is 1. The van der Waals surface area contributed by atoms with Crippen molar-refractivity contribution >= 4 is 28.7 Å². The van der Waals surface area contributed by atoms with Crippen molar-refractivity contribution in [1.82, 2.24) is 20.2 Å². The Bertz CT molecular complexity index is 765. The predicted octanol–water partition coefficient (Wildman–Crippen LogP) is 3.16. The third-order valence-corrected chi connectivity index (χ3v) is 4.22. The molecule has 0 unspecified atom stereocenters. The van der Waals surface area contributed by atoms with E-state index in [9.17, 15) is 0 Å². The Balaban J connectivity index is 2.07. The van der Waals surface area contributed by atoms with Crippen LogP contribution in [0.15, 0.2) is 34.3 Å². The SMILES string of the molecule is CNc1nc(Sc2ccc(C)cc2C)c2cn[nH]c2n1. The highest BCUT2D eigenvalue weighted by Crippen LogP contribution is 2.33. The molecule has 0 saturated carbocycles. The lowest BCUT2D eigenvalue weighted by Crippen LogP contribution is -1.98. The van der Waals surface area contributed by atoms with Gasteiger partial charge in [-0.25, -0.2) is 4.98 Å². The Morgan fingerprint density at radius 3 is 2.80 bits per heavy atom. The molecule has 0 aliphatic carbocycles. The number of nitrogens with one attached hydrogen (secondary N) is 2. The van der Waals surface area contributed by atoms with Crippen molar-refractivity contribution in [3.8, 4) is 0 Å². The first kappa shape index (κ1) is 12.9. The number of H-pyrrole nitrogens is 1. The summed E-state index contributed by atoms with van der Waals surface area (Å²) in [5, 5.41) is 11.8. The molecule has 102 valence electrons. The number of anilines is 1. The van der Waals surface area contributed by atoms with Crippen molar-refractivity contribution in [2.45, 2.75) is 23.8 Å². The van der Waals surface area contributed by atoms with Crippen molar-refractivity contribution < 1.29 is 0 Å². The first-order valence-corrected chi connectivity index (χ1v) is 7.13. The lowest BCUT2D eigenvalue weighted by molar-refractivity contribution is 1.06. The highest BCUT2D eigenvalue weighted by atomic mass is 32.2. The molecular weight excluding hydrogens is 270 g/mol. The van der Waals surface area contributed by atoms with Gasteiger partial charge in [-0.3, -0.25) is 5.10 Å². The zero-order chi connectivity index (χ0) is 14.1. The van der Waals surface area contributed by atoms with E-state index >= 15 is 0 Å². The molecule has 6 heteroatoms. The van der Waals surface area contributed by atoms with Gasteiger partial charge in [-0.05, 0) is 25.5 Å². The fourth-order valence-corrected chi connectivity index (χ4v) is 2.97. The van der Waals surface area contributed by atoms with E-state index in [4.69, 9.17) is 0 Å². The van der Waals surface area contributed by atoms with Crippen LogP contribution < -0.4 is 5.32 Å². The number of aromatic nitrogens is 4. The van der Waals surface area contributed by atoms with Crippen molar-refractivity contribution in [3.63, 3.8) is 0 Å². The average molecular weight is 285 g/mol. The molecule has 0 aliphatic rings. The van der Waals surface area contributed by atoms with E-state index in [1.165, 1.54) is 16.0 Å².